The smallest absolute Gasteiger partial charge is 0.390 e. The average molecular weight is 476 g/mol. The number of alkyl halides is 2. The molecule has 4 rings (SSSR count). The number of allylic oxidation sites excluding steroid dienone is 4. The van der Waals surface area contributed by atoms with Gasteiger partial charge in [-0.3, -0.25) is 14.1 Å². The number of phosphoric acid groups is 1. The van der Waals surface area contributed by atoms with Crippen molar-refractivity contribution in [3.05, 3.63) is 23.8 Å². The fourth-order valence-corrected chi connectivity index (χ4v) is 7.21. The Morgan fingerprint density at radius 2 is 1.97 bits per heavy atom. The molecule has 4 aliphatic carbocycles. The lowest BCUT2D eigenvalue weighted by Crippen LogP contribution is -2.70. The monoisotopic (exact) mass is 476 g/mol. The second-order valence-corrected chi connectivity index (χ2v) is 11.2. The van der Waals surface area contributed by atoms with Crippen LogP contribution < -0.4 is 0 Å². The summed E-state index contributed by atoms with van der Waals surface area (Å²) in [6, 6.07) is 0. The van der Waals surface area contributed by atoms with E-state index in [-0.39, 0.29) is 31.3 Å². The molecule has 1 unspecified atom stereocenters. The maximum atomic E-state index is 16.9. The van der Waals surface area contributed by atoms with E-state index in [1.165, 1.54) is 19.9 Å². The summed E-state index contributed by atoms with van der Waals surface area (Å²) in [5, 5.41) is 22.4. The second kappa shape index (κ2) is 7.10. The third-order valence-corrected chi connectivity index (χ3v) is 9.07. The lowest BCUT2D eigenvalue weighted by Gasteiger charge is -2.63. The summed E-state index contributed by atoms with van der Waals surface area (Å²) in [5.41, 5.74) is -7.42. The van der Waals surface area contributed by atoms with Crippen molar-refractivity contribution in [2.45, 2.75) is 63.1 Å². The van der Waals surface area contributed by atoms with Crippen molar-refractivity contribution < 1.29 is 47.5 Å². The number of Topliss-reactive ketones (excluding diaryl/α,β-unsaturated/α-hetero) is 1. The summed E-state index contributed by atoms with van der Waals surface area (Å²) in [4.78, 5) is 42.4. The van der Waals surface area contributed by atoms with Gasteiger partial charge in [0.2, 0.25) is 0 Å². The van der Waals surface area contributed by atoms with E-state index in [9.17, 15) is 24.4 Å². The van der Waals surface area contributed by atoms with Crippen LogP contribution in [0.15, 0.2) is 23.8 Å². The van der Waals surface area contributed by atoms with Crippen LogP contribution >= 0.6 is 7.82 Å². The Labute approximate surface area is 183 Å². The number of ketones is 2. The lowest BCUT2D eigenvalue weighted by atomic mass is 9.44. The largest absolute Gasteiger partial charge is 0.470 e. The normalized spacial score (nSPS) is 48.0. The van der Waals surface area contributed by atoms with Gasteiger partial charge in [0, 0.05) is 16.7 Å². The van der Waals surface area contributed by atoms with Gasteiger partial charge in [-0.15, -0.1) is 0 Å². The highest BCUT2D eigenvalue weighted by Crippen LogP contribution is 2.70. The number of carbonyl (C=O) groups is 2. The van der Waals surface area contributed by atoms with Crippen molar-refractivity contribution in [1.29, 1.82) is 0 Å². The molecule has 32 heavy (non-hydrogen) atoms. The summed E-state index contributed by atoms with van der Waals surface area (Å²) in [5.74, 6) is -3.19. The van der Waals surface area contributed by atoms with E-state index in [2.05, 4.69) is 4.52 Å². The highest BCUT2D eigenvalue weighted by Gasteiger charge is 2.75. The molecule has 8 nitrogen and oxygen atoms in total. The molecule has 0 aromatic carbocycles. The van der Waals surface area contributed by atoms with E-state index in [0.717, 1.165) is 12.2 Å². The van der Waals surface area contributed by atoms with Gasteiger partial charge in [-0.2, -0.15) is 0 Å². The molecule has 11 heteroatoms. The summed E-state index contributed by atoms with van der Waals surface area (Å²) in [6.07, 6.45) is -0.416. The summed E-state index contributed by atoms with van der Waals surface area (Å²) in [6.45, 7) is 1.92. The third kappa shape index (κ3) is 3.00. The van der Waals surface area contributed by atoms with Crippen LogP contribution in [-0.4, -0.2) is 61.7 Å². The van der Waals surface area contributed by atoms with Crippen molar-refractivity contribution in [2.75, 3.05) is 6.61 Å². The van der Waals surface area contributed by atoms with E-state index in [1.54, 1.807) is 0 Å². The molecule has 178 valence electrons. The average Bonchev–Trinajstić information content (AvgIpc) is 2.95. The highest BCUT2D eigenvalue weighted by molar-refractivity contribution is 7.46. The molecule has 0 radical (unpaired) electrons. The first kappa shape index (κ1) is 23.9. The van der Waals surface area contributed by atoms with Gasteiger partial charge in [0.25, 0.3) is 0 Å². The van der Waals surface area contributed by atoms with Crippen LogP contribution in [0.5, 0.6) is 0 Å². The van der Waals surface area contributed by atoms with Crippen molar-refractivity contribution in [2.24, 2.45) is 22.7 Å². The van der Waals surface area contributed by atoms with Gasteiger partial charge in [0.1, 0.15) is 18.4 Å². The van der Waals surface area contributed by atoms with Crippen LogP contribution in [0.1, 0.15) is 39.5 Å². The van der Waals surface area contributed by atoms with Gasteiger partial charge >= 0.3 is 7.82 Å². The number of aliphatic hydroxyl groups is 2. The minimum atomic E-state index is -4.97. The molecule has 8 atom stereocenters. The number of phosphoric ester groups is 1. The van der Waals surface area contributed by atoms with Crippen LogP contribution in [0.25, 0.3) is 0 Å². The van der Waals surface area contributed by atoms with Crippen molar-refractivity contribution >= 4 is 19.4 Å². The van der Waals surface area contributed by atoms with Crippen LogP contribution in [0.2, 0.25) is 0 Å². The summed E-state index contributed by atoms with van der Waals surface area (Å²) >= 11 is 0. The molecule has 4 N–H and O–H groups in total. The molecule has 4 aliphatic rings. The van der Waals surface area contributed by atoms with Gasteiger partial charge < -0.3 is 20.0 Å². The molecule has 0 aromatic rings. The van der Waals surface area contributed by atoms with Crippen LogP contribution in [-0.2, 0) is 18.7 Å². The maximum Gasteiger partial charge on any atom is 0.470 e. The number of hydrogen-bond donors (Lipinski definition) is 4. The minimum Gasteiger partial charge on any atom is -0.390 e. The number of fused-ring (bicyclic) bond motifs is 5. The van der Waals surface area contributed by atoms with Crippen LogP contribution in [0, 0.1) is 22.7 Å². The van der Waals surface area contributed by atoms with Gasteiger partial charge in [-0.05, 0) is 56.3 Å². The van der Waals surface area contributed by atoms with Crippen molar-refractivity contribution in [1.82, 2.24) is 0 Å². The number of halogens is 2. The minimum absolute atomic E-state index is 0.0224. The van der Waals surface area contributed by atoms with Crippen LogP contribution in [0.3, 0.4) is 0 Å². The molecule has 0 amide bonds. The zero-order valence-corrected chi connectivity index (χ0v) is 18.6. The van der Waals surface area contributed by atoms with Gasteiger partial charge in [0.15, 0.2) is 17.2 Å². The highest BCUT2D eigenvalue weighted by atomic mass is 31.2. The molecule has 3 saturated carbocycles. The number of carbonyl (C=O) groups excluding carboxylic acids is 2. The molecule has 0 spiro atoms. The molecule has 0 aromatic heterocycles. The van der Waals surface area contributed by atoms with Crippen molar-refractivity contribution in [3.63, 3.8) is 0 Å². The first-order chi connectivity index (χ1) is 14.6. The zero-order chi connectivity index (χ0) is 23.9. The number of hydrogen-bond acceptors (Lipinski definition) is 6. The van der Waals surface area contributed by atoms with E-state index in [1.807, 2.05) is 0 Å². The van der Waals surface area contributed by atoms with E-state index >= 15 is 8.78 Å². The Hall–Kier alpha value is -1.29. The maximum absolute atomic E-state index is 16.9. The topological polar surface area (TPSA) is 141 Å². The molecule has 0 aliphatic heterocycles. The second-order valence-electron chi connectivity index (χ2n) is 9.95. The van der Waals surface area contributed by atoms with Crippen molar-refractivity contribution in [3.8, 4) is 0 Å². The van der Waals surface area contributed by atoms with Crippen LogP contribution in [0.4, 0.5) is 8.78 Å². The van der Waals surface area contributed by atoms with E-state index in [0.29, 0.717) is 0 Å². The predicted octanol–water partition coefficient (Wildman–Crippen LogP) is 1.71. The Morgan fingerprint density at radius 3 is 2.59 bits per heavy atom. The SMILES string of the molecule is C[C@]12C=CC(=O)C=C1[C@@H](F)C[C@H]1[C@@H]3CC[C@](O)(C(=O)COP(=O)(O)O)[C@@]3(C)CC(O)[C@@]12F. The summed E-state index contributed by atoms with van der Waals surface area (Å²) < 4.78 is 47.4. The molecular weight excluding hydrogens is 449 g/mol. The Balaban J connectivity index is 1.73. The first-order valence-corrected chi connectivity index (χ1v) is 12.1. The molecule has 0 heterocycles. The van der Waals surface area contributed by atoms with E-state index in [4.69, 9.17) is 9.79 Å². The standard InChI is InChI=1S/C21H27F2O8P/c1-18-5-3-11(24)7-14(18)15(22)8-13-12-4-6-20(27,17(26)10-31-32(28,29)30)19(12,2)9-16(25)21(13,18)23/h3,5,7,12-13,15-16,25,27H,4,6,8-10H2,1-2H3,(H2,28,29,30)/t12-,13-,15-,16?,18-,19-,20-,21-/m0/s1. The Kier molecular flexibility index (Phi) is 5.30. The third-order valence-electron chi connectivity index (χ3n) is 8.61. The molecule has 0 saturated heterocycles. The molecular formula is C21H27F2O8P. The summed E-state index contributed by atoms with van der Waals surface area (Å²) in [7, 11) is -4.97. The van der Waals surface area contributed by atoms with Gasteiger partial charge in [-0.1, -0.05) is 13.0 Å². The predicted molar refractivity (Wildman–Crippen MR) is 107 cm³/mol. The fraction of sp³-hybridized carbons (Fsp3) is 0.714. The lowest BCUT2D eigenvalue weighted by molar-refractivity contribution is -0.221. The zero-order valence-electron chi connectivity index (χ0n) is 17.7. The van der Waals surface area contributed by atoms with Gasteiger partial charge in [0.05, 0.1) is 6.10 Å². The first-order valence-electron chi connectivity index (χ1n) is 10.5. The fourth-order valence-electron chi connectivity index (χ4n) is 6.93. The van der Waals surface area contributed by atoms with E-state index < -0.39 is 72.2 Å². The molecule has 0 bridgehead atoms. The van der Waals surface area contributed by atoms with Gasteiger partial charge in [-0.25, -0.2) is 13.3 Å². The quantitative estimate of drug-likeness (QED) is 0.450. The Morgan fingerprint density at radius 1 is 1.31 bits per heavy atom. The Bertz CT molecular complexity index is 977. The number of rotatable bonds is 4. The molecule has 3 fully saturated rings. The number of aliphatic hydroxyl groups excluding tert-OH is 1.